The zero-order chi connectivity index (χ0) is 35.5. The number of rotatable bonds is 7. The number of ether oxygens (including phenoxy) is 6. The van der Waals surface area contributed by atoms with Crippen LogP contribution in [0.25, 0.3) is 0 Å². The SMILES string of the molecule is CC/C=C/[C@]1(CC)O[C@@H]2OC(C)(C)O[C@@H]2[C@@H]1C.CCCC[C@]1(CC)O[C@@H]2OC(C)(C)O[C@@H]2[C@@H]1C.CO.O=C=O.O=C=O.[B].[Cl][Ni][Cl].[Na]. The molecule has 4 heterocycles. The molecular weight excluding hydrogens is 712 g/mol. The molecule has 11 nitrogen and oxygen atoms in total. The van der Waals surface area contributed by atoms with Crippen molar-refractivity contribution in [1.82, 2.24) is 0 Å². The number of unbranched alkanes of at least 4 members (excludes halogenated alkanes) is 1. The van der Waals surface area contributed by atoms with Crippen molar-refractivity contribution < 1.29 is 65.4 Å². The number of halogens is 2. The number of allylic oxidation sites excluding steroid dienone is 1. The van der Waals surface area contributed by atoms with E-state index in [1.807, 2.05) is 27.7 Å². The van der Waals surface area contributed by atoms with Gasteiger partial charge in [-0.1, -0.05) is 66.5 Å². The van der Waals surface area contributed by atoms with Crippen LogP contribution in [0, 0.1) is 11.8 Å². The van der Waals surface area contributed by atoms with Gasteiger partial charge in [0.1, 0.15) is 12.2 Å². The van der Waals surface area contributed by atoms with E-state index in [0.717, 1.165) is 32.8 Å². The second kappa shape index (κ2) is 27.1. The van der Waals surface area contributed by atoms with E-state index >= 15 is 0 Å². The Balaban J connectivity index is -0.000000292. The van der Waals surface area contributed by atoms with Crippen molar-refractivity contribution in [3.8, 4) is 0 Å². The predicted molar refractivity (Wildman–Crippen MR) is 175 cm³/mol. The van der Waals surface area contributed by atoms with Crippen molar-refractivity contribution in [2.24, 2.45) is 11.8 Å². The number of hydrogen-bond acceptors (Lipinski definition) is 11. The van der Waals surface area contributed by atoms with Crippen LogP contribution in [0.4, 0.5) is 0 Å². The second-order valence-electron chi connectivity index (χ2n) is 11.6. The fourth-order valence-corrected chi connectivity index (χ4v) is 5.99. The van der Waals surface area contributed by atoms with Crippen LogP contribution < -0.4 is 0 Å². The van der Waals surface area contributed by atoms with Crippen molar-refractivity contribution in [3.63, 3.8) is 0 Å². The quantitative estimate of drug-likeness (QED) is 0.249. The number of fused-ring (bicyclic) bond motifs is 2. The molecule has 0 spiro atoms. The van der Waals surface area contributed by atoms with Gasteiger partial charge in [-0.15, -0.1) is 0 Å². The molecule has 8 atom stereocenters. The van der Waals surface area contributed by atoms with Gasteiger partial charge in [0.15, 0.2) is 24.2 Å². The summed E-state index contributed by atoms with van der Waals surface area (Å²) in [4.78, 5) is 32.5. The first-order valence-corrected chi connectivity index (χ1v) is 17.8. The molecule has 4 radical (unpaired) electrons. The van der Waals surface area contributed by atoms with Crippen LogP contribution in [0.2, 0.25) is 0 Å². The van der Waals surface area contributed by atoms with E-state index in [9.17, 15) is 0 Å². The molecule has 0 aromatic rings. The Kier molecular flexibility index (Phi) is 31.2. The Hall–Kier alpha value is 0.358. The summed E-state index contributed by atoms with van der Waals surface area (Å²) < 4.78 is 35.9. The van der Waals surface area contributed by atoms with Crippen LogP contribution in [0.3, 0.4) is 0 Å². The summed E-state index contributed by atoms with van der Waals surface area (Å²) in [5, 5.41) is 7.00. The molecule has 4 rings (SSSR count). The zero-order valence-electron chi connectivity index (χ0n) is 30.0. The van der Waals surface area contributed by atoms with Gasteiger partial charge in [-0.3, -0.25) is 0 Å². The molecule has 272 valence electrons. The summed E-state index contributed by atoms with van der Waals surface area (Å²) in [5.41, 5.74) is -0.260. The zero-order valence-corrected chi connectivity index (χ0v) is 34.5. The summed E-state index contributed by atoms with van der Waals surface area (Å²) in [6, 6.07) is 0. The van der Waals surface area contributed by atoms with Gasteiger partial charge in [0.25, 0.3) is 0 Å². The minimum absolute atomic E-state index is 0. The number of carbonyl (C=O) groups excluding carboxylic acids is 4. The number of hydrogen-bond donors (Lipinski definition) is 1. The Morgan fingerprint density at radius 3 is 1.47 bits per heavy atom. The average Bonchev–Trinajstić information content (AvgIpc) is 3.63. The molecule has 0 amide bonds. The first-order chi connectivity index (χ1) is 21.1. The molecule has 47 heavy (non-hydrogen) atoms. The van der Waals surface area contributed by atoms with E-state index in [1.165, 1.54) is 12.8 Å². The molecular formula is C31H54BCl2NaNiO11. The third kappa shape index (κ3) is 16.5. The Bertz CT molecular complexity index is 912. The third-order valence-electron chi connectivity index (χ3n) is 8.19. The smallest absolute Gasteiger partial charge is 0 e. The van der Waals surface area contributed by atoms with Crippen molar-refractivity contribution in [2.75, 3.05) is 7.11 Å². The van der Waals surface area contributed by atoms with Gasteiger partial charge in [-0.05, 0) is 53.4 Å². The molecule has 0 saturated carbocycles. The van der Waals surface area contributed by atoms with Crippen molar-refractivity contribution in [1.29, 1.82) is 0 Å². The second-order valence-corrected chi connectivity index (χ2v) is 13.2. The summed E-state index contributed by atoms with van der Waals surface area (Å²) in [6.45, 7) is 21.0. The minimum Gasteiger partial charge on any atom is 0 e. The van der Waals surface area contributed by atoms with Gasteiger partial charge < -0.3 is 33.5 Å². The average molecular weight is 766 g/mol. The van der Waals surface area contributed by atoms with Gasteiger partial charge in [0.2, 0.25) is 0 Å². The summed E-state index contributed by atoms with van der Waals surface area (Å²) >= 11 is 0.569. The van der Waals surface area contributed by atoms with Crippen molar-refractivity contribution in [2.45, 2.75) is 155 Å². The minimum atomic E-state index is -0.516. The van der Waals surface area contributed by atoms with Crippen LogP contribution in [0.15, 0.2) is 12.2 Å². The molecule has 4 aliphatic rings. The largest absolute Gasteiger partial charge is 0 e. The summed E-state index contributed by atoms with van der Waals surface area (Å²) in [7, 11) is 10.4. The molecule has 4 fully saturated rings. The molecule has 0 unspecified atom stereocenters. The number of aliphatic hydroxyl groups is 1. The van der Waals surface area contributed by atoms with Crippen LogP contribution in [-0.2, 0) is 60.3 Å². The summed E-state index contributed by atoms with van der Waals surface area (Å²) in [6.07, 6.45) is 11.2. The fourth-order valence-electron chi connectivity index (χ4n) is 5.99. The van der Waals surface area contributed by atoms with E-state index in [0.29, 0.717) is 24.5 Å². The van der Waals surface area contributed by atoms with Crippen molar-refractivity contribution >= 4 is 70.7 Å². The topological polar surface area (TPSA) is 144 Å². The van der Waals surface area contributed by atoms with Crippen LogP contribution >= 0.6 is 20.4 Å². The Morgan fingerprint density at radius 1 is 0.745 bits per heavy atom. The summed E-state index contributed by atoms with van der Waals surface area (Å²) in [5.74, 6) is -0.278. The van der Waals surface area contributed by atoms with E-state index in [4.69, 9.17) is 73.1 Å². The molecule has 16 heteroatoms. The van der Waals surface area contributed by atoms with Gasteiger partial charge in [0.05, 0.1) is 11.2 Å². The monoisotopic (exact) mass is 764 g/mol. The molecule has 0 aromatic heterocycles. The van der Waals surface area contributed by atoms with Gasteiger partial charge in [-0.2, -0.15) is 19.2 Å². The maximum atomic E-state index is 8.12. The molecule has 4 aliphatic heterocycles. The first-order valence-electron chi connectivity index (χ1n) is 15.1. The maximum absolute atomic E-state index is 8.12. The molecule has 0 bridgehead atoms. The van der Waals surface area contributed by atoms with Crippen LogP contribution in [-0.4, -0.2) is 110 Å². The Labute approximate surface area is 320 Å². The standard InChI is InChI=1S/C14H26O3.C14H24O3.2CO2.CH4O.B.2ClH.Na.Ni/c2*1-6-8-9-14(7-2)10(3)11-12(17-14)16-13(4,5)15-11;2*2-1-3;1-2;;;;;/h10-12H,6-9H2,1-5H3;8-12H,6-7H2,1-5H3;;;2H,1H3;;2*1H;;/q;;;;;;;;;+2/p-2/b;9-8+;;;;;;;;/t2*10-,11+,12-,14-;;;;;;;;/m00......../s1. The first kappa shape index (κ1) is 54.1. The van der Waals surface area contributed by atoms with Gasteiger partial charge in [-0.25, -0.2) is 0 Å². The van der Waals surface area contributed by atoms with E-state index in [-0.39, 0.29) is 86.3 Å². The molecule has 1 N–H and O–H groups in total. The van der Waals surface area contributed by atoms with E-state index in [1.54, 1.807) is 0 Å². The maximum Gasteiger partial charge on any atom is 0 e. The van der Waals surface area contributed by atoms with E-state index in [2.05, 4.69) is 53.7 Å². The predicted octanol–water partition coefficient (Wildman–Crippen LogP) is 5.77. The molecule has 4 saturated heterocycles. The van der Waals surface area contributed by atoms with Gasteiger partial charge in [0, 0.05) is 56.9 Å². The van der Waals surface area contributed by atoms with Gasteiger partial charge >= 0.3 is 45.3 Å². The van der Waals surface area contributed by atoms with Crippen molar-refractivity contribution in [3.05, 3.63) is 12.2 Å². The van der Waals surface area contributed by atoms with Crippen LogP contribution in [0.1, 0.15) is 108 Å². The van der Waals surface area contributed by atoms with E-state index < -0.39 is 11.6 Å². The third-order valence-corrected chi connectivity index (χ3v) is 8.19. The molecule has 0 aromatic carbocycles. The normalized spacial score (nSPS) is 32.9. The van der Waals surface area contributed by atoms with Crippen LogP contribution in [0.5, 0.6) is 0 Å². The number of aliphatic hydroxyl groups excluding tert-OH is 1. The molecule has 0 aliphatic carbocycles. The fraction of sp³-hybridized carbons (Fsp3) is 0.871. The Morgan fingerprint density at radius 2 is 1.15 bits per heavy atom.